The van der Waals surface area contributed by atoms with E-state index in [9.17, 15) is 4.79 Å². The molecule has 1 amide bonds. The van der Waals surface area contributed by atoms with Crippen LogP contribution in [0.3, 0.4) is 0 Å². The molecule has 1 unspecified atom stereocenters. The Morgan fingerprint density at radius 1 is 1.08 bits per heavy atom. The summed E-state index contributed by atoms with van der Waals surface area (Å²) in [5, 5.41) is 3.91. The standard InChI is InChI=1S/C31H43ClN4O3/c1-38-30-10-3-2-9-29(30)36-17-15-35(16-18-36)28-13-14-34(22-24-6-4-7-26(32)20-24)23-25(28)11-12-31(37)33-21-27-8-5-19-39-27/h2-4,6-7,9-10,20,25,27-28H,5,8,11-19,21-23H2,1H3,(H,33,37)/t25-,27?,28+/m0/s1. The van der Waals surface area contributed by atoms with Crippen LogP contribution in [0.15, 0.2) is 48.5 Å². The predicted octanol–water partition coefficient (Wildman–Crippen LogP) is 4.44. The number of para-hydroxylation sites is 2. The fourth-order valence-electron chi connectivity index (χ4n) is 6.52. The molecule has 0 bridgehead atoms. The Hall–Kier alpha value is -2.32. The van der Waals surface area contributed by atoms with Crippen LogP contribution in [0.1, 0.15) is 37.7 Å². The normalized spacial score (nSPS) is 24.6. The lowest BCUT2D eigenvalue weighted by atomic mass is 9.86. The number of carbonyl (C=O) groups excluding carboxylic acids is 1. The van der Waals surface area contributed by atoms with E-state index in [0.717, 1.165) is 88.9 Å². The van der Waals surface area contributed by atoms with E-state index in [-0.39, 0.29) is 12.0 Å². The molecule has 8 heteroatoms. The average Bonchev–Trinajstić information content (AvgIpc) is 3.49. The quantitative estimate of drug-likeness (QED) is 0.469. The lowest BCUT2D eigenvalue weighted by Crippen LogP contribution is -2.56. The number of piperazine rings is 1. The number of nitrogens with one attached hydrogen (secondary N) is 1. The summed E-state index contributed by atoms with van der Waals surface area (Å²) in [6.07, 6.45) is 4.92. The first kappa shape index (κ1) is 28.2. The minimum atomic E-state index is 0.150. The van der Waals surface area contributed by atoms with Gasteiger partial charge in [0.2, 0.25) is 5.91 Å². The molecule has 0 radical (unpaired) electrons. The number of amides is 1. The molecule has 3 fully saturated rings. The van der Waals surface area contributed by atoms with E-state index in [1.54, 1.807) is 7.11 Å². The first-order valence-electron chi connectivity index (χ1n) is 14.6. The Morgan fingerprint density at radius 3 is 2.69 bits per heavy atom. The summed E-state index contributed by atoms with van der Waals surface area (Å²) in [5.74, 6) is 1.54. The summed E-state index contributed by atoms with van der Waals surface area (Å²) >= 11 is 6.26. The van der Waals surface area contributed by atoms with Gasteiger partial charge >= 0.3 is 0 Å². The molecule has 3 heterocycles. The van der Waals surface area contributed by atoms with E-state index in [2.05, 4.69) is 44.3 Å². The Kier molecular flexibility index (Phi) is 10.0. The van der Waals surface area contributed by atoms with Crippen LogP contribution in [0.25, 0.3) is 0 Å². The van der Waals surface area contributed by atoms with Crippen LogP contribution in [0.2, 0.25) is 5.02 Å². The third kappa shape index (κ3) is 7.66. The number of methoxy groups -OCH3 is 1. The monoisotopic (exact) mass is 554 g/mol. The van der Waals surface area contributed by atoms with Crippen LogP contribution in [0, 0.1) is 5.92 Å². The molecule has 212 valence electrons. The molecule has 1 N–H and O–H groups in total. The highest BCUT2D eigenvalue weighted by Gasteiger charge is 2.35. The molecule has 5 rings (SSSR count). The van der Waals surface area contributed by atoms with E-state index in [0.29, 0.717) is 24.9 Å². The molecule has 3 aliphatic rings. The molecule has 0 saturated carbocycles. The van der Waals surface area contributed by atoms with E-state index < -0.39 is 0 Å². The maximum atomic E-state index is 12.8. The van der Waals surface area contributed by atoms with Crippen LogP contribution >= 0.6 is 11.6 Å². The summed E-state index contributed by atoms with van der Waals surface area (Å²) in [4.78, 5) is 20.4. The van der Waals surface area contributed by atoms with Gasteiger partial charge in [0.1, 0.15) is 5.75 Å². The number of anilines is 1. The summed E-state index contributed by atoms with van der Waals surface area (Å²) in [6, 6.07) is 17.0. The summed E-state index contributed by atoms with van der Waals surface area (Å²) < 4.78 is 11.3. The van der Waals surface area contributed by atoms with Crippen LogP contribution < -0.4 is 15.0 Å². The molecule has 2 aromatic rings. The minimum Gasteiger partial charge on any atom is -0.495 e. The smallest absolute Gasteiger partial charge is 0.220 e. The van der Waals surface area contributed by atoms with Crippen LogP contribution in [-0.2, 0) is 16.1 Å². The number of likely N-dealkylation sites (tertiary alicyclic amines) is 1. The van der Waals surface area contributed by atoms with Crippen LogP contribution in [-0.4, -0.2) is 87.4 Å². The van der Waals surface area contributed by atoms with Gasteiger partial charge in [-0.05, 0) is 68.0 Å². The first-order chi connectivity index (χ1) is 19.1. The predicted molar refractivity (Wildman–Crippen MR) is 157 cm³/mol. The number of piperidine rings is 1. The number of nitrogens with zero attached hydrogens (tertiary/aromatic N) is 3. The molecule has 3 atom stereocenters. The second-order valence-corrected chi connectivity index (χ2v) is 11.6. The summed E-state index contributed by atoms with van der Waals surface area (Å²) in [6.45, 7) is 8.44. The second kappa shape index (κ2) is 13.8. The van der Waals surface area contributed by atoms with Crippen LogP contribution in [0.5, 0.6) is 5.75 Å². The third-order valence-corrected chi connectivity index (χ3v) is 8.81. The molecule has 0 aromatic heterocycles. The van der Waals surface area contributed by atoms with Gasteiger partial charge in [-0.25, -0.2) is 0 Å². The largest absolute Gasteiger partial charge is 0.495 e. The number of ether oxygens (including phenoxy) is 2. The first-order valence-corrected chi connectivity index (χ1v) is 14.9. The highest BCUT2D eigenvalue weighted by Crippen LogP contribution is 2.32. The van der Waals surface area contributed by atoms with Gasteiger partial charge in [0.25, 0.3) is 0 Å². The van der Waals surface area contributed by atoms with Crippen molar-refractivity contribution in [2.75, 3.05) is 64.4 Å². The number of rotatable bonds is 10. The highest BCUT2D eigenvalue weighted by atomic mass is 35.5. The Balaban J connectivity index is 1.20. The zero-order valence-electron chi connectivity index (χ0n) is 23.2. The molecular weight excluding hydrogens is 512 g/mol. The van der Waals surface area contributed by atoms with E-state index in [1.165, 1.54) is 11.3 Å². The molecule has 7 nitrogen and oxygen atoms in total. The molecule has 39 heavy (non-hydrogen) atoms. The van der Waals surface area contributed by atoms with Gasteiger partial charge in [-0.1, -0.05) is 35.9 Å². The van der Waals surface area contributed by atoms with Gasteiger partial charge in [-0.15, -0.1) is 0 Å². The Labute approximate surface area is 238 Å². The van der Waals surface area contributed by atoms with Gasteiger partial charge in [0, 0.05) is 69.9 Å². The van der Waals surface area contributed by atoms with E-state index in [1.807, 2.05) is 24.3 Å². The van der Waals surface area contributed by atoms with Gasteiger partial charge in [-0.2, -0.15) is 0 Å². The summed E-state index contributed by atoms with van der Waals surface area (Å²) in [5.41, 5.74) is 2.43. The van der Waals surface area contributed by atoms with Crippen molar-refractivity contribution in [1.82, 2.24) is 15.1 Å². The zero-order chi connectivity index (χ0) is 27.0. The van der Waals surface area contributed by atoms with Crippen molar-refractivity contribution in [3.63, 3.8) is 0 Å². The highest BCUT2D eigenvalue weighted by molar-refractivity contribution is 6.30. The number of hydrogen-bond acceptors (Lipinski definition) is 6. The fraction of sp³-hybridized carbons (Fsp3) is 0.581. The van der Waals surface area contributed by atoms with Crippen molar-refractivity contribution in [3.05, 3.63) is 59.1 Å². The fourth-order valence-corrected chi connectivity index (χ4v) is 6.73. The number of carbonyl (C=O) groups is 1. The van der Waals surface area contributed by atoms with Crippen molar-refractivity contribution in [2.24, 2.45) is 5.92 Å². The second-order valence-electron chi connectivity index (χ2n) is 11.2. The van der Waals surface area contributed by atoms with Gasteiger partial charge in [-0.3, -0.25) is 14.6 Å². The average molecular weight is 555 g/mol. The maximum Gasteiger partial charge on any atom is 0.220 e. The van der Waals surface area contributed by atoms with Crippen molar-refractivity contribution in [3.8, 4) is 5.75 Å². The van der Waals surface area contributed by atoms with Crippen molar-refractivity contribution in [1.29, 1.82) is 0 Å². The van der Waals surface area contributed by atoms with E-state index >= 15 is 0 Å². The Morgan fingerprint density at radius 2 is 1.92 bits per heavy atom. The number of benzene rings is 2. The number of hydrogen-bond donors (Lipinski definition) is 1. The molecule has 0 spiro atoms. The summed E-state index contributed by atoms with van der Waals surface area (Å²) in [7, 11) is 1.74. The zero-order valence-corrected chi connectivity index (χ0v) is 24.0. The maximum absolute atomic E-state index is 12.8. The lowest BCUT2D eigenvalue weighted by molar-refractivity contribution is -0.122. The SMILES string of the molecule is COc1ccccc1N1CCN([C@@H]2CCN(Cc3cccc(Cl)c3)C[C@@H]2CCC(=O)NCC2CCCO2)CC1. The van der Waals surface area contributed by atoms with Crippen LogP contribution in [0.4, 0.5) is 5.69 Å². The third-order valence-electron chi connectivity index (χ3n) is 8.58. The van der Waals surface area contributed by atoms with E-state index in [4.69, 9.17) is 21.1 Å². The topological polar surface area (TPSA) is 57.3 Å². The Bertz CT molecular complexity index is 1070. The lowest BCUT2D eigenvalue weighted by Gasteiger charge is -2.47. The van der Waals surface area contributed by atoms with Crippen molar-refractivity contribution < 1.29 is 14.3 Å². The van der Waals surface area contributed by atoms with Gasteiger partial charge in [0.05, 0.1) is 18.9 Å². The molecule has 0 aliphatic carbocycles. The number of halogens is 1. The van der Waals surface area contributed by atoms with Crippen molar-refractivity contribution >= 4 is 23.2 Å². The molecule has 2 aromatic carbocycles. The molecule has 3 saturated heterocycles. The van der Waals surface area contributed by atoms with Crippen molar-refractivity contribution in [2.45, 2.75) is 50.8 Å². The minimum absolute atomic E-state index is 0.150. The molecular formula is C31H43ClN4O3. The van der Waals surface area contributed by atoms with Gasteiger partial charge < -0.3 is 19.7 Å². The van der Waals surface area contributed by atoms with Gasteiger partial charge in [0.15, 0.2) is 0 Å². The molecule has 3 aliphatic heterocycles.